The molecule has 0 saturated carbocycles. The highest BCUT2D eigenvalue weighted by molar-refractivity contribution is 5.60. The van der Waals surface area contributed by atoms with Crippen LogP contribution in [0, 0.1) is 0 Å². The highest BCUT2D eigenvalue weighted by atomic mass is 15.2. The summed E-state index contributed by atoms with van der Waals surface area (Å²) in [6.07, 6.45) is 9.74. The van der Waals surface area contributed by atoms with Crippen LogP contribution in [0.4, 0.5) is 11.5 Å². The van der Waals surface area contributed by atoms with Crippen LogP contribution in [0.1, 0.15) is 32.1 Å². The van der Waals surface area contributed by atoms with Gasteiger partial charge in [0.25, 0.3) is 0 Å². The Morgan fingerprint density at radius 3 is 2.40 bits per heavy atom. The average molecular weight is 206 g/mol. The standard InChI is InChI=1S/C11H18N4/c12-10-8-13-9-14-11(10)15-6-4-2-1-3-5-7-15/h8-9H,1-7,12H2. The van der Waals surface area contributed by atoms with Crippen molar-refractivity contribution < 1.29 is 0 Å². The van der Waals surface area contributed by atoms with Crippen molar-refractivity contribution in [3.63, 3.8) is 0 Å². The number of nitrogens with zero attached hydrogens (tertiary/aromatic N) is 3. The van der Waals surface area contributed by atoms with Crippen molar-refractivity contribution in [2.75, 3.05) is 23.7 Å². The van der Waals surface area contributed by atoms with Gasteiger partial charge in [0.15, 0.2) is 5.82 Å². The molecule has 82 valence electrons. The molecule has 1 aromatic heterocycles. The molecule has 0 aromatic carbocycles. The summed E-state index contributed by atoms with van der Waals surface area (Å²) in [6.45, 7) is 2.14. The second-order valence-electron chi connectivity index (χ2n) is 4.06. The first-order valence-corrected chi connectivity index (χ1v) is 5.68. The van der Waals surface area contributed by atoms with Crippen LogP contribution in [0.15, 0.2) is 12.5 Å². The van der Waals surface area contributed by atoms with E-state index in [0.717, 1.165) is 18.9 Å². The van der Waals surface area contributed by atoms with E-state index in [1.165, 1.54) is 32.1 Å². The van der Waals surface area contributed by atoms with E-state index in [-0.39, 0.29) is 0 Å². The Morgan fingerprint density at radius 2 is 1.73 bits per heavy atom. The molecular weight excluding hydrogens is 188 g/mol. The van der Waals surface area contributed by atoms with E-state index in [2.05, 4.69) is 14.9 Å². The number of rotatable bonds is 1. The Balaban J connectivity index is 2.10. The molecule has 1 aliphatic heterocycles. The molecule has 0 aliphatic carbocycles. The first kappa shape index (κ1) is 10.2. The molecule has 4 nitrogen and oxygen atoms in total. The molecule has 0 bridgehead atoms. The van der Waals surface area contributed by atoms with E-state index in [1.807, 2.05) is 0 Å². The number of hydrogen-bond acceptors (Lipinski definition) is 4. The first-order valence-electron chi connectivity index (χ1n) is 5.68. The maximum absolute atomic E-state index is 5.87. The molecule has 1 aromatic rings. The maximum Gasteiger partial charge on any atom is 0.155 e. The van der Waals surface area contributed by atoms with Gasteiger partial charge in [-0.1, -0.05) is 19.3 Å². The summed E-state index contributed by atoms with van der Waals surface area (Å²) in [6, 6.07) is 0. The summed E-state index contributed by atoms with van der Waals surface area (Å²) in [4.78, 5) is 10.5. The molecule has 2 heterocycles. The van der Waals surface area contributed by atoms with E-state index in [0.29, 0.717) is 5.69 Å². The minimum absolute atomic E-state index is 0.693. The lowest BCUT2D eigenvalue weighted by atomic mass is 10.1. The summed E-state index contributed by atoms with van der Waals surface area (Å²) in [7, 11) is 0. The molecule has 0 radical (unpaired) electrons. The fourth-order valence-corrected chi connectivity index (χ4v) is 2.06. The Labute approximate surface area is 90.5 Å². The average Bonchev–Trinajstić information content (AvgIpc) is 2.19. The molecule has 0 unspecified atom stereocenters. The second kappa shape index (κ2) is 4.96. The third kappa shape index (κ3) is 2.58. The highest BCUT2D eigenvalue weighted by Gasteiger charge is 2.12. The zero-order valence-corrected chi connectivity index (χ0v) is 9.02. The van der Waals surface area contributed by atoms with Crippen LogP contribution in [0.3, 0.4) is 0 Å². The van der Waals surface area contributed by atoms with Gasteiger partial charge in [0.2, 0.25) is 0 Å². The minimum Gasteiger partial charge on any atom is -0.394 e. The molecule has 0 amide bonds. The van der Waals surface area contributed by atoms with Crippen LogP contribution in [-0.2, 0) is 0 Å². The zero-order chi connectivity index (χ0) is 10.5. The number of nitrogens with two attached hydrogens (primary N) is 1. The Morgan fingerprint density at radius 1 is 1.07 bits per heavy atom. The van der Waals surface area contributed by atoms with Crippen LogP contribution >= 0.6 is 0 Å². The second-order valence-corrected chi connectivity index (χ2v) is 4.06. The Hall–Kier alpha value is -1.32. The summed E-state index contributed by atoms with van der Waals surface area (Å²) in [5.74, 6) is 0.909. The van der Waals surface area contributed by atoms with Crippen molar-refractivity contribution in [2.45, 2.75) is 32.1 Å². The van der Waals surface area contributed by atoms with E-state index >= 15 is 0 Å². The number of anilines is 2. The lowest BCUT2D eigenvalue weighted by Gasteiger charge is -2.26. The minimum atomic E-state index is 0.693. The lowest BCUT2D eigenvalue weighted by Crippen LogP contribution is -2.28. The van der Waals surface area contributed by atoms with E-state index in [1.54, 1.807) is 12.5 Å². The quantitative estimate of drug-likeness (QED) is 0.761. The monoisotopic (exact) mass is 206 g/mol. The van der Waals surface area contributed by atoms with Gasteiger partial charge in [0.05, 0.1) is 11.9 Å². The van der Waals surface area contributed by atoms with Crippen LogP contribution in [0.5, 0.6) is 0 Å². The Kier molecular flexibility index (Phi) is 3.37. The number of aromatic nitrogens is 2. The van der Waals surface area contributed by atoms with E-state index in [9.17, 15) is 0 Å². The predicted octanol–water partition coefficient (Wildman–Crippen LogP) is 1.83. The van der Waals surface area contributed by atoms with Crippen molar-refractivity contribution >= 4 is 11.5 Å². The maximum atomic E-state index is 5.87. The van der Waals surface area contributed by atoms with Gasteiger partial charge in [-0.15, -0.1) is 0 Å². The molecule has 15 heavy (non-hydrogen) atoms. The molecular formula is C11H18N4. The van der Waals surface area contributed by atoms with Gasteiger partial charge < -0.3 is 10.6 Å². The van der Waals surface area contributed by atoms with Gasteiger partial charge >= 0.3 is 0 Å². The van der Waals surface area contributed by atoms with Crippen molar-refractivity contribution in [3.8, 4) is 0 Å². The SMILES string of the molecule is Nc1cncnc1N1CCCCCCC1. The fraction of sp³-hybridized carbons (Fsp3) is 0.636. The van der Waals surface area contributed by atoms with Gasteiger partial charge in [-0.25, -0.2) is 9.97 Å². The molecule has 4 heteroatoms. The third-order valence-corrected chi connectivity index (χ3v) is 2.87. The van der Waals surface area contributed by atoms with Gasteiger partial charge in [0, 0.05) is 13.1 Å². The fourth-order valence-electron chi connectivity index (χ4n) is 2.06. The van der Waals surface area contributed by atoms with Gasteiger partial charge in [-0.05, 0) is 12.8 Å². The van der Waals surface area contributed by atoms with Crippen LogP contribution in [0.25, 0.3) is 0 Å². The number of hydrogen-bond donors (Lipinski definition) is 1. The van der Waals surface area contributed by atoms with Crippen molar-refractivity contribution in [1.29, 1.82) is 0 Å². The first-order chi connectivity index (χ1) is 7.38. The number of nitrogen functional groups attached to an aromatic ring is 1. The summed E-state index contributed by atoms with van der Waals surface area (Å²) in [5, 5.41) is 0. The molecule has 1 saturated heterocycles. The molecule has 0 atom stereocenters. The summed E-state index contributed by atoms with van der Waals surface area (Å²) < 4.78 is 0. The summed E-state index contributed by atoms with van der Waals surface area (Å²) >= 11 is 0. The van der Waals surface area contributed by atoms with Crippen LogP contribution < -0.4 is 10.6 Å². The summed E-state index contributed by atoms with van der Waals surface area (Å²) in [5.41, 5.74) is 6.57. The highest BCUT2D eigenvalue weighted by Crippen LogP contribution is 2.21. The van der Waals surface area contributed by atoms with Gasteiger partial charge in [-0.3, -0.25) is 0 Å². The lowest BCUT2D eigenvalue weighted by molar-refractivity contribution is 0.554. The van der Waals surface area contributed by atoms with Crippen LogP contribution in [0.2, 0.25) is 0 Å². The predicted molar refractivity (Wildman–Crippen MR) is 61.7 cm³/mol. The smallest absolute Gasteiger partial charge is 0.155 e. The van der Waals surface area contributed by atoms with Crippen LogP contribution in [-0.4, -0.2) is 23.1 Å². The zero-order valence-electron chi connectivity index (χ0n) is 9.02. The molecule has 1 aliphatic rings. The van der Waals surface area contributed by atoms with Gasteiger partial charge in [0.1, 0.15) is 6.33 Å². The Bertz CT molecular complexity index is 305. The third-order valence-electron chi connectivity index (χ3n) is 2.87. The molecule has 0 spiro atoms. The van der Waals surface area contributed by atoms with Gasteiger partial charge in [-0.2, -0.15) is 0 Å². The molecule has 2 N–H and O–H groups in total. The molecule has 1 fully saturated rings. The van der Waals surface area contributed by atoms with Crippen molar-refractivity contribution in [1.82, 2.24) is 9.97 Å². The van der Waals surface area contributed by atoms with Crippen molar-refractivity contribution in [3.05, 3.63) is 12.5 Å². The van der Waals surface area contributed by atoms with E-state index in [4.69, 9.17) is 5.73 Å². The topological polar surface area (TPSA) is 55.0 Å². The van der Waals surface area contributed by atoms with E-state index < -0.39 is 0 Å². The largest absolute Gasteiger partial charge is 0.394 e. The normalized spacial score (nSPS) is 18.3. The molecule has 2 rings (SSSR count). The van der Waals surface area contributed by atoms with Crippen molar-refractivity contribution in [2.24, 2.45) is 0 Å².